The van der Waals surface area contributed by atoms with Crippen molar-refractivity contribution < 1.29 is 4.42 Å². The molecule has 14 aromatic rings. The van der Waals surface area contributed by atoms with E-state index in [0.29, 0.717) is 0 Å². The van der Waals surface area contributed by atoms with Gasteiger partial charge in [0.15, 0.2) is 0 Å². The molecule has 0 radical (unpaired) electrons. The molecule has 0 unspecified atom stereocenters. The average molecular weight is 905 g/mol. The van der Waals surface area contributed by atoms with Crippen LogP contribution in [0.5, 0.6) is 0 Å². The average Bonchev–Trinajstić information content (AvgIpc) is 4.00. The number of fused-ring (bicyclic) bond motifs is 9. The zero-order valence-electron chi connectivity index (χ0n) is 38.7. The fourth-order valence-electron chi connectivity index (χ4n) is 11.0. The number of rotatable bonds is 8. The van der Waals surface area contributed by atoms with Gasteiger partial charge in [0.1, 0.15) is 11.2 Å². The maximum atomic E-state index is 6.47. The lowest BCUT2D eigenvalue weighted by atomic mass is 9.97. The Labute approximate surface area is 411 Å². The van der Waals surface area contributed by atoms with Gasteiger partial charge in [0.25, 0.3) is 0 Å². The monoisotopic (exact) mass is 904 g/mol. The number of anilines is 3. The first-order valence-electron chi connectivity index (χ1n) is 24.3. The van der Waals surface area contributed by atoms with E-state index < -0.39 is 0 Å². The first-order chi connectivity index (χ1) is 35.2. The molecule has 0 fully saturated rings. The van der Waals surface area contributed by atoms with Crippen LogP contribution >= 0.6 is 0 Å². The maximum absolute atomic E-state index is 6.47. The molecule has 0 aliphatic heterocycles. The Hall–Kier alpha value is -9.44. The van der Waals surface area contributed by atoms with E-state index in [1.807, 2.05) is 12.1 Å². The van der Waals surface area contributed by atoms with Crippen molar-refractivity contribution >= 4 is 82.4 Å². The molecule has 12 aromatic carbocycles. The molecule has 0 bridgehead atoms. The van der Waals surface area contributed by atoms with Crippen molar-refractivity contribution in [3.8, 4) is 50.2 Å². The summed E-state index contributed by atoms with van der Waals surface area (Å²) in [5.74, 6) is 0. The Morgan fingerprint density at radius 3 is 1.49 bits per heavy atom. The van der Waals surface area contributed by atoms with Gasteiger partial charge < -0.3 is 13.9 Å². The number of benzene rings is 12. The summed E-state index contributed by atoms with van der Waals surface area (Å²) < 4.78 is 8.88. The number of nitrogens with zero attached hydrogens (tertiary/aromatic N) is 2. The van der Waals surface area contributed by atoms with Gasteiger partial charge in [-0.25, -0.2) is 0 Å². The van der Waals surface area contributed by atoms with Crippen LogP contribution in [-0.2, 0) is 0 Å². The summed E-state index contributed by atoms with van der Waals surface area (Å²) >= 11 is 0. The third kappa shape index (κ3) is 6.89. The van der Waals surface area contributed by atoms with Gasteiger partial charge in [-0.15, -0.1) is 0 Å². The van der Waals surface area contributed by atoms with Crippen molar-refractivity contribution in [1.29, 1.82) is 0 Å². The number of furan rings is 1. The molecule has 0 saturated heterocycles. The fourth-order valence-corrected chi connectivity index (χ4v) is 11.0. The van der Waals surface area contributed by atoms with Crippen molar-refractivity contribution in [2.75, 3.05) is 4.90 Å². The number of para-hydroxylation sites is 5. The molecule has 0 spiro atoms. The van der Waals surface area contributed by atoms with Crippen LogP contribution in [0.3, 0.4) is 0 Å². The first kappa shape index (κ1) is 40.6. The summed E-state index contributed by atoms with van der Waals surface area (Å²) in [6.07, 6.45) is 0. The Bertz CT molecular complexity index is 4280. The smallest absolute Gasteiger partial charge is 0.143 e. The number of hydrogen-bond acceptors (Lipinski definition) is 2. The molecule has 14 rings (SSSR count). The van der Waals surface area contributed by atoms with Gasteiger partial charge in [0.2, 0.25) is 0 Å². The van der Waals surface area contributed by atoms with Crippen molar-refractivity contribution in [3.63, 3.8) is 0 Å². The third-order valence-corrected chi connectivity index (χ3v) is 14.4. The van der Waals surface area contributed by atoms with E-state index in [-0.39, 0.29) is 0 Å². The molecule has 3 nitrogen and oxygen atoms in total. The molecule has 0 saturated carbocycles. The Morgan fingerprint density at radius 2 is 0.775 bits per heavy atom. The summed E-state index contributed by atoms with van der Waals surface area (Å²) in [5, 5.41) is 9.82. The topological polar surface area (TPSA) is 21.3 Å². The molecule has 332 valence electrons. The summed E-state index contributed by atoms with van der Waals surface area (Å²) in [7, 11) is 0. The minimum atomic E-state index is 0.901. The first-order valence-corrected chi connectivity index (χ1v) is 24.3. The van der Waals surface area contributed by atoms with Crippen LogP contribution < -0.4 is 4.90 Å². The molecule has 2 aromatic heterocycles. The molecular weight excluding hydrogens is 861 g/mol. The summed E-state index contributed by atoms with van der Waals surface area (Å²) in [6.45, 7) is 0. The van der Waals surface area contributed by atoms with Gasteiger partial charge >= 0.3 is 0 Å². The summed E-state index contributed by atoms with van der Waals surface area (Å²) in [5.41, 5.74) is 17.8. The van der Waals surface area contributed by atoms with Gasteiger partial charge in [-0.3, -0.25) is 0 Å². The van der Waals surface area contributed by atoms with Gasteiger partial charge in [-0.1, -0.05) is 194 Å². The molecular formula is C68H44N2O. The predicted molar refractivity (Wildman–Crippen MR) is 299 cm³/mol. The van der Waals surface area contributed by atoms with Crippen molar-refractivity contribution in [3.05, 3.63) is 267 Å². The van der Waals surface area contributed by atoms with Gasteiger partial charge in [0, 0.05) is 49.7 Å². The van der Waals surface area contributed by atoms with E-state index in [0.717, 1.165) is 66.9 Å². The molecule has 0 amide bonds. The minimum absolute atomic E-state index is 0.901. The largest absolute Gasteiger partial charge is 0.455 e. The molecule has 71 heavy (non-hydrogen) atoms. The van der Waals surface area contributed by atoms with Crippen molar-refractivity contribution in [1.82, 2.24) is 4.57 Å². The predicted octanol–water partition coefficient (Wildman–Crippen LogP) is 19.1. The fraction of sp³-hybridized carbons (Fsp3) is 0. The minimum Gasteiger partial charge on any atom is -0.455 e. The standard InChI is InChI=1S/C68H44N2O/c1-2-16-56-47(13-1)27-28-52-44-50(35-42-57(52)56)46-31-38-54(39-32-46)69(55-40-33-48(34-41-55)59-21-12-22-63-62-20-6-10-26-67(62)71-68(59)63)53-36-29-45(30-37-53)49-14-11-15-51(43-49)58-17-3-7-23-64(58)70-65-24-8-4-18-60(65)61-19-5-9-25-66(61)70/h1-44H. The van der Waals surface area contributed by atoms with Crippen LogP contribution in [0.1, 0.15) is 0 Å². The second-order valence-electron chi connectivity index (χ2n) is 18.4. The van der Waals surface area contributed by atoms with Crippen LogP contribution in [0.25, 0.3) is 115 Å². The maximum Gasteiger partial charge on any atom is 0.143 e. The van der Waals surface area contributed by atoms with E-state index in [9.17, 15) is 0 Å². The van der Waals surface area contributed by atoms with Crippen molar-refractivity contribution in [2.24, 2.45) is 0 Å². The lowest BCUT2D eigenvalue weighted by Crippen LogP contribution is -2.09. The molecule has 0 atom stereocenters. The summed E-state index contributed by atoms with van der Waals surface area (Å²) in [4.78, 5) is 2.35. The quantitative estimate of drug-likeness (QED) is 0.142. The highest BCUT2D eigenvalue weighted by molar-refractivity contribution is 6.11. The van der Waals surface area contributed by atoms with E-state index in [4.69, 9.17) is 4.42 Å². The van der Waals surface area contributed by atoms with Crippen LogP contribution in [0.2, 0.25) is 0 Å². The second kappa shape index (κ2) is 16.7. The van der Waals surface area contributed by atoms with E-state index in [1.165, 1.54) is 65.6 Å². The number of aromatic nitrogens is 1. The normalized spacial score (nSPS) is 11.7. The highest BCUT2D eigenvalue weighted by atomic mass is 16.3. The van der Waals surface area contributed by atoms with Crippen LogP contribution in [-0.4, -0.2) is 4.57 Å². The molecule has 0 aliphatic rings. The summed E-state index contributed by atoms with van der Waals surface area (Å²) in [6, 6.07) is 96.7. The lowest BCUT2D eigenvalue weighted by molar-refractivity contribution is 0.670. The Morgan fingerprint density at radius 1 is 0.282 bits per heavy atom. The van der Waals surface area contributed by atoms with Gasteiger partial charge in [-0.2, -0.15) is 0 Å². The number of hydrogen-bond donors (Lipinski definition) is 0. The highest BCUT2D eigenvalue weighted by Gasteiger charge is 2.18. The van der Waals surface area contributed by atoms with E-state index in [2.05, 4.69) is 264 Å². The molecule has 2 heterocycles. The third-order valence-electron chi connectivity index (χ3n) is 14.4. The zero-order chi connectivity index (χ0) is 46.8. The zero-order valence-corrected chi connectivity index (χ0v) is 38.7. The lowest BCUT2D eigenvalue weighted by Gasteiger charge is -2.26. The van der Waals surface area contributed by atoms with Gasteiger partial charge in [0.05, 0.1) is 16.7 Å². The van der Waals surface area contributed by atoms with Gasteiger partial charge in [-0.05, 0) is 128 Å². The highest BCUT2D eigenvalue weighted by Crippen LogP contribution is 2.42. The Balaban J connectivity index is 0.832. The van der Waals surface area contributed by atoms with E-state index >= 15 is 0 Å². The van der Waals surface area contributed by atoms with Crippen LogP contribution in [0.15, 0.2) is 271 Å². The second-order valence-corrected chi connectivity index (χ2v) is 18.4. The van der Waals surface area contributed by atoms with Crippen LogP contribution in [0, 0.1) is 0 Å². The molecule has 3 heteroatoms. The van der Waals surface area contributed by atoms with E-state index in [1.54, 1.807) is 0 Å². The van der Waals surface area contributed by atoms with Crippen LogP contribution in [0.4, 0.5) is 17.1 Å². The molecule has 0 aliphatic carbocycles. The van der Waals surface area contributed by atoms with Crippen molar-refractivity contribution in [2.45, 2.75) is 0 Å². The molecule has 0 N–H and O–H groups in total. The SMILES string of the molecule is c1cc(-c2ccc(N(c3ccc(-c4ccc5c(ccc6ccccc65)c4)cc3)c3ccc(-c4cccc5c4oc4ccccc45)cc3)cc2)cc(-c2ccccc2-n2c3ccccc3c3ccccc32)c1. The Kier molecular flexibility index (Phi) is 9.53.